The Hall–Kier alpha value is -2.31. The van der Waals surface area contributed by atoms with Gasteiger partial charge in [0.2, 0.25) is 0 Å². The van der Waals surface area contributed by atoms with Gasteiger partial charge in [0, 0.05) is 31.5 Å². The number of likely N-dealkylation sites (tertiary alicyclic amines) is 1. The number of urea groups is 1. The molecule has 3 amide bonds. The molecule has 132 valence electrons. The summed E-state index contributed by atoms with van der Waals surface area (Å²) in [6.07, 6.45) is 3.77. The Morgan fingerprint density at radius 1 is 1.33 bits per heavy atom. The van der Waals surface area contributed by atoms with E-state index in [0.717, 1.165) is 12.0 Å². The van der Waals surface area contributed by atoms with Gasteiger partial charge in [-0.25, -0.2) is 9.59 Å². The third kappa shape index (κ3) is 5.40. The highest BCUT2D eigenvalue weighted by atomic mass is 16.6. The van der Waals surface area contributed by atoms with E-state index >= 15 is 0 Å². The van der Waals surface area contributed by atoms with Crippen LogP contribution in [0.5, 0.6) is 0 Å². The maximum atomic E-state index is 12.1. The molecule has 0 aliphatic carbocycles. The normalized spacial score (nSPS) is 18.8. The topological polar surface area (TPSA) is 83.6 Å². The van der Waals surface area contributed by atoms with E-state index in [4.69, 9.17) is 4.74 Å². The number of hydrogen-bond acceptors (Lipinski definition) is 4. The molecule has 2 atom stereocenters. The molecule has 2 N–H and O–H groups in total. The minimum Gasteiger partial charge on any atom is -0.444 e. The number of carbonyl (C=O) groups is 2. The van der Waals surface area contributed by atoms with Crippen molar-refractivity contribution in [3.05, 3.63) is 30.1 Å². The zero-order valence-corrected chi connectivity index (χ0v) is 14.7. The largest absolute Gasteiger partial charge is 0.444 e. The van der Waals surface area contributed by atoms with Crippen molar-refractivity contribution in [3.8, 4) is 0 Å². The summed E-state index contributed by atoms with van der Waals surface area (Å²) in [5.41, 5.74) is 0.474. The number of nitrogens with one attached hydrogen (secondary N) is 2. The van der Waals surface area contributed by atoms with Crippen LogP contribution in [0.3, 0.4) is 0 Å². The maximum absolute atomic E-state index is 12.1. The summed E-state index contributed by atoms with van der Waals surface area (Å²) in [5, 5.41) is 5.80. The molecule has 0 bridgehead atoms. The molecule has 7 heteroatoms. The Kier molecular flexibility index (Phi) is 5.64. The number of hydrogen-bond donors (Lipinski definition) is 2. The second-order valence-electron chi connectivity index (χ2n) is 7.03. The predicted octanol–water partition coefficient (Wildman–Crippen LogP) is 2.45. The fraction of sp³-hybridized carbons (Fsp3) is 0.588. The van der Waals surface area contributed by atoms with Gasteiger partial charge in [0.15, 0.2) is 0 Å². The van der Waals surface area contributed by atoms with E-state index in [0.29, 0.717) is 13.1 Å². The number of ether oxygens (including phenoxy) is 1. The molecule has 1 aromatic rings. The molecular formula is C17H26N4O3. The fourth-order valence-corrected chi connectivity index (χ4v) is 2.53. The third-order valence-electron chi connectivity index (χ3n) is 3.73. The van der Waals surface area contributed by atoms with Gasteiger partial charge in [-0.3, -0.25) is 4.98 Å². The average molecular weight is 334 g/mol. The van der Waals surface area contributed by atoms with Crippen LogP contribution in [0.15, 0.2) is 24.5 Å². The van der Waals surface area contributed by atoms with Crippen molar-refractivity contribution >= 4 is 12.1 Å². The second-order valence-corrected chi connectivity index (χ2v) is 7.03. The van der Waals surface area contributed by atoms with E-state index < -0.39 is 5.60 Å². The Morgan fingerprint density at radius 3 is 2.62 bits per heavy atom. The first kappa shape index (κ1) is 18.0. The summed E-state index contributed by atoms with van der Waals surface area (Å²) in [6.45, 7) is 8.47. The van der Waals surface area contributed by atoms with Crippen LogP contribution in [-0.2, 0) is 4.74 Å². The summed E-state index contributed by atoms with van der Waals surface area (Å²) < 4.78 is 5.35. The van der Waals surface area contributed by atoms with Crippen molar-refractivity contribution in [1.82, 2.24) is 20.5 Å². The van der Waals surface area contributed by atoms with Crippen LogP contribution in [0.2, 0.25) is 0 Å². The quantitative estimate of drug-likeness (QED) is 0.889. The van der Waals surface area contributed by atoms with Crippen LogP contribution in [0.25, 0.3) is 0 Å². The molecule has 7 nitrogen and oxygen atoms in total. The summed E-state index contributed by atoms with van der Waals surface area (Å²) in [5.74, 6) is 0. The number of amides is 3. The van der Waals surface area contributed by atoms with E-state index in [-0.39, 0.29) is 24.2 Å². The first-order valence-corrected chi connectivity index (χ1v) is 8.19. The van der Waals surface area contributed by atoms with Gasteiger partial charge >= 0.3 is 12.1 Å². The lowest BCUT2D eigenvalue weighted by atomic mass is 10.1. The van der Waals surface area contributed by atoms with Crippen LogP contribution in [0.4, 0.5) is 9.59 Å². The molecule has 0 spiro atoms. The predicted molar refractivity (Wildman–Crippen MR) is 90.5 cm³/mol. The number of aromatic nitrogens is 1. The molecule has 0 radical (unpaired) electrons. The molecule has 0 unspecified atom stereocenters. The zero-order valence-electron chi connectivity index (χ0n) is 14.7. The Bertz CT molecular complexity index is 571. The van der Waals surface area contributed by atoms with Crippen molar-refractivity contribution in [2.24, 2.45) is 0 Å². The van der Waals surface area contributed by atoms with Gasteiger partial charge < -0.3 is 20.3 Å². The maximum Gasteiger partial charge on any atom is 0.410 e. The van der Waals surface area contributed by atoms with Gasteiger partial charge in [0.05, 0.1) is 6.04 Å². The van der Waals surface area contributed by atoms with Gasteiger partial charge in [-0.05, 0) is 51.8 Å². The minimum absolute atomic E-state index is 0.0674. The van der Waals surface area contributed by atoms with Gasteiger partial charge in [-0.1, -0.05) is 0 Å². The van der Waals surface area contributed by atoms with E-state index in [9.17, 15) is 9.59 Å². The number of pyridine rings is 1. The summed E-state index contributed by atoms with van der Waals surface area (Å²) in [7, 11) is 0. The third-order valence-corrected chi connectivity index (χ3v) is 3.73. The number of nitrogens with zero attached hydrogens (tertiary/aromatic N) is 2. The highest BCUT2D eigenvalue weighted by Gasteiger charge is 2.30. The minimum atomic E-state index is -0.514. The van der Waals surface area contributed by atoms with E-state index in [2.05, 4.69) is 15.6 Å². The van der Waals surface area contributed by atoms with Crippen molar-refractivity contribution < 1.29 is 14.3 Å². The molecule has 1 aliphatic heterocycles. The lowest BCUT2D eigenvalue weighted by molar-refractivity contribution is 0.0291. The van der Waals surface area contributed by atoms with Gasteiger partial charge in [0.25, 0.3) is 0 Å². The van der Waals surface area contributed by atoms with Crippen LogP contribution < -0.4 is 10.6 Å². The Balaban J connectivity index is 1.78. The molecule has 2 heterocycles. The van der Waals surface area contributed by atoms with Gasteiger partial charge in [-0.2, -0.15) is 0 Å². The fourth-order valence-electron chi connectivity index (χ4n) is 2.53. The van der Waals surface area contributed by atoms with E-state index in [1.54, 1.807) is 17.3 Å². The van der Waals surface area contributed by atoms with Crippen molar-refractivity contribution in [2.45, 2.75) is 51.8 Å². The van der Waals surface area contributed by atoms with Crippen molar-refractivity contribution in [2.75, 3.05) is 13.1 Å². The lowest BCUT2D eigenvalue weighted by Gasteiger charge is -2.24. The van der Waals surface area contributed by atoms with Gasteiger partial charge in [0.1, 0.15) is 5.60 Å². The molecular weight excluding hydrogens is 308 g/mol. The van der Waals surface area contributed by atoms with Gasteiger partial charge in [-0.15, -0.1) is 0 Å². The molecule has 1 aromatic heterocycles. The molecule has 0 saturated carbocycles. The zero-order chi connectivity index (χ0) is 17.7. The van der Waals surface area contributed by atoms with Crippen molar-refractivity contribution in [3.63, 3.8) is 0 Å². The van der Waals surface area contributed by atoms with Crippen LogP contribution >= 0.6 is 0 Å². The van der Waals surface area contributed by atoms with Crippen LogP contribution in [-0.4, -0.2) is 46.7 Å². The monoisotopic (exact) mass is 334 g/mol. The highest BCUT2D eigenvalue weighted by molar-refractivity contribution is 5.75. The molecule has 0 aromatic carbocycles. The Labute approximate surface area is 142 Å². The van der Waals surface area contributed by atoms with Crippen molar-refractivity contribution in [1.29, 1.82) is 0 Å². The molecule has 24 heavy (non-hydrogen) atoms. The molecule has 1 saturated heterocycles. The smallest absolute Gasteiger partial charge is 0.410 e. The summed E-state index contributed by atoms with van der Waals surface area (Å²) in [4.78, 5) is 29.7. The number of rotatable bonds is 3. The average Bonchev–Trinajstić information content (AvgIpc) is 2.95. The SMILES string of the molecule is C[C@H](NC(=O)N[C@@H]1CCN(C(=O)OC(C)(C)C)C1)c1ccncc1. The second kappa shape index (κ2) is 7.51. The van der Waals surface area contributed by atoms with E-state index in [1.807, 2.05) is 39.8 Å². The lowest BCUT2D eigenvalue weighted by Crippen LogP contribution is -2.45. The molecule has 1 fully saturated rings. The summed E-state index contributed by atoms with van der Waals surface area (Å²) >= 11 is 0. The summed E-state index contributed by atoms with van der Waals surface area (Å²) in [6, 6.07) is 3.31. The van der Waals surface area contributed by atoms with Crippen LogP contribution in [0.1, 0.15) is 45.7 Å². The van der Waals surface area contributed by atoms with E-state index in [1.165, 1.54) is 0 Å². The molecule has 1 aliphatic rings. The first-order chi connectivity index (χ1) is 11.2. The first-order valence-electron chi connectivity index (χ1n) is 8.19. The standard InChI is InChI=1S/C17H26N4O3/c1-12(13-5-8-18-9-6-13)19-15(22)20-14-7-10-21(11-14)16(23)24-17(2,3)4/h5-6,8-9,12,14H,7,10-11H2,1-4H3,(H2,19,20,22)/t12-,14+/m0/s1. The van der Waals surface area contributed by atoms with Crippen LogP contribution in [0, 0.1) is 0 Å². The molecule has 2 rings (SSSR count). The number of carbonyl (C=O) groups excluding carboxylic acids is 2. The Morgan fingerprint density at radius 2 is 2.00 bits per heavy atom. The highest BCUT2D eigenvalue weighted by Crippen LogP contribution is 2.15.